The minimum atomic E-state index is -0.442. The summed E-state index contributed by atoms with van der Waals surface area (Å²) >= 11 is 7.62. The Morgan fingerprint density at radius 2 is 2.00 bits per heavy atom. The van der Waals surface area contributed by atoms with E-state index in [2.05, 4.69) is 15.3 Å². The summed E-state index contributed by atoms with van der Waals surface area (Å²) < 4.78 is 11.5. The second-order valence-electron chi connectivity index (χ2n) is 7.16. The molecular weight excluding hydrogens is 450 g/mol. The van der Waals surface area contributed by atoms with Crippen molar-refractivity contribution in [3.8, 4) is 11.5 Å². The van der Waals surface area contributed by atoms with Gasteiger partial charge in [0.2, 0.25) is 5.91 Å². The molecule has 9 heteroatoms. The van der Waals surface area contributed by atoms with Crippen LogP contribution in [0.2, 0.25) is 5.02 Å². The molecule has 0 bridgehead atoms. The smallest absolute Gasteiger partial charge is 0.257 e. The van der Waals surface area contributed by atoms with E-state index in [1.165, 1.54) is 11.8 Å². The van der Waals surface area contributed by atoms with E-state index in [9.17, 15) is 9.59 Å². The lowest BCUT2D eigenvalue weighted by Gasteiger charge is -2.25. The van der Waals surface area contributed by atoms with E-state index >= 15 is 0 Å². The fourth-order valence-corrected chi connectivity index (χ4v) is 4.42. The van der Waals surface area contributed by atoms with E-state index in [4.69, 9.17) is 21.1 Å². The average molecular weight is 472 g/mol. The predicted molar refractivity (Wildman–Crippen MR) is 125 cm³/mol. The predicted octanol–water partition coefficient (Wildman–Crippen LogP) is 4.60. The third-order valence-electron chi connectivity index (χ3n) is 5.14. The summed E-state index contributed by atoms with van der Waals surface area (Å²) in [4.78, 5) is 32.4. The highest BCUT2D eigenvalue weighted by molar-refractivity contribution is 7.99. The van der Waals surface area contributed by atoms with Crippen molar-refractivity contribution in [2.24, 2.45) is 0 Å². The standard InChI is InChI=1S/C23H22ClN3O4S/c1-3-32-23-26-21-20(22(29)27-23)15(11-19(28)25-21)13-8-9-17(18(10-13)30-2)31-12-14-6-4-5-7-16(14)24/h4-10,15H,3,11-12H2,1-2H3,(H2,25,26,27,28,29)/t15-/m1/s1. The lowest BCUT2D eigenvalue weighted by atomic mass is 9.86. The molecule has 0 saturated heterocycles. The second-order valence-corrected chi connectivity index (χ2v) is 8.82. The topological polar surface area (TPSA) is 93.3 Å². The van der Waals surface area contributed by atoms with Crippen LogP contribution in [0, 0.1) is 0 Å². The zero-order chi connectivity index (χ0) is 22.7. The molecule has 1 atom stereocenters. The fourth-order valence-electron chi connectivity index (χ4n) is 3.63. The van der Waals surface area contributed by atoms with E-state index in [1.807, 2.05) is 37.3 Å². The molecule has 1 aliphatic rings. The number of methoxy groups -OCH3 is 1. The van der Waals surface area contributed by atoms with Crippen molar-refractivity contribution < 1.29 is 14.3 Å². The number of ether oxygens (including phenoxy) is 2. The molecule has 0 fully saturated rings. The molecule has 1 amide bonds. The first-order valence-electron chi connectivity index (χ1n) is 10.1. The summed E-state index contributed by atoms with van der Waals surface area (Å²) in [7, 11) is 1.55. The van der Waals surface area contributed by atoms with Crippen molar-refractivity contribution in [1.29, 1.82) is 0 Å². The van der Waals surface area contributed by atoms with E-state index in [0.717, 1.165) is 16.9 Å². The molecule has 1 aromatic heterocycles. The number of hydrogen-bond acceptors (Lipinski definition) is 6. The third-order valence-corrected chi connectivity index (χ3v) is 6.27. The van der Waals surface area contributed by atoms with Crippen molar-refractivity contribution in [2.75, 3.05) is 18.2 Å². The van der Waals surface area contributed by atoms with Gasteiger partial charge in [0.05, 0.1) is 12.7 Å². The Kier molecular flexibility index (Phi) is 6.72. The molecule has 0 spiro atoms. The van der Waals surface area contributed by atoms with Crippen molar-refractivity contribution in [2.45, 2.75) is 31.0 Å². The Labute approximate surface area is 194 Å². The van der Waals surface area contributed by atoms with E-state index < -0.39 is 5.92 Å². The first-order chi connectivity index (χ1) is 15.5. The molecule has 0 unspecified atom stereocenters. The number of anilines is 1. The van der Waals surface area contributed by atoms with Gasteiger partial charge in [-0.3, -0.25) is 9.59 Å². The average Bonchev–Trinajstić information content (AvgIpc) is 2.78. The van der Waals surface area contributed by atoms with E-state index in [0.29, 0.717) is 33.1 Å². The van der Waals surface area contributed by atoms with Gasteiger partial charge in [-0.05, 0) is 29.5 Å². The van der Waals surface area contributed by atoms with Gasteiger partial charge < -0.3 is 19.8 Å². The first kappa shape index (κ1) is 22.2. The molecule has 1 aliphatic heterocycles. The van der Waals surface area contributed by atoms with Crippen LogP contribution in [0.4, 0.5) is 5.82 Å². The van der Waals surface area contributed by atoms with Gasteiger partial charge >= 0.3 is 0 Å². The molecule has 2 aromatic carbocycles. The van der Waals surface area contributed by atoms with Gasteiger partial charge in [-0.2, -0.15) is 0 Å². The van der Waals surface area contributed by atoms with Gasteiger partial charge in [0.25, 0.3) is 5.56 Å². The highest BCUT2D eigenvalue weighted by Gasteiger charge is 2.31. The number of nitrogens with zero attached hydrogens (tertiary/aromatic N) is 1. The third kappa shape index (κ3) is 4.61. The van der Waals surface area contributed by atoms with Crippen LogP contribution in [-0.2, 0) is 11.4 Å². The van der Waals surface area contributed by atoms with Gasteiger partial charge in [0.15, 0.2) is 16.7 Å². The number of benzene rings is 2. The van der Waals surface area contributed by atoms with Crippen LogP contribution >= 0.6 is 23.4 Å². The normalized spacial score (nSPS) is 15.1. The number of halogens is 1. The van der Waals surface area contributed by atoms with Crippen molar-refractivity contribution >= 4 is 35.1 Å². The Morgan fingerprint density at radius 3 is 2.75 bits per heavy atom. The maximum atomic E-state index is 12.8. The minimum Gasteiger partial charge on any atom is -0.493 e. The Bertz CT molecular complexity index is 1210. The molecule has 2 N–H and O–H groups in total. The number of carbonyl (C=O) groups is 1. The number of H-pyrrole nitrogens is 1. The van der Waals surface area contributed by atoms with Crippen LogP contribution in [0.3, 0.4) is 0 Å². The monoisotopic (exact) mass is 471 g/mol. The first-order valence-corrected chi connectivity index (χ1v) is 11.5. The van der Waals surface area contributed by atoms with Gasteiger partial charge in [-0.1, -0.05) is 54.6 Å². The van der Waals surface area contributed by atoms with Crippen molar-refractivity contribution in [1.82, 2.24) is 9.97 Å². The summed E-state index contributed by atoms with van der Waals surface area (Å²) in [5, 5.41) is 3.84. The number of hydrogen-bond donors (Lipinski definition) is 2. The Balaban J connectivity index is 1.65. The lowest BCUT2D eigenvalue weighted by Crippen LogP contribution is -2.31. The lowest BCUT2D eigenvalue weighted by molar-refractivity contribution is -0.116. The number of thioether (sulfide) groups is 1. The number of amides is 1. The molecule has 32 heavy (non-hydrogen) atoms. The number of rotatable bonds is 7. The Hall–Kier alpha value is -2.97. The number of aromatic nitrogens is 2. The van der Waals surface area contributed by atoms with Crippen LogP contribution in [-0.4, -0.2) is 28.7 Å². The molecule has 0 aliphatic carbocycles. The number of nitrogens with one attached hydrogen (secondary N) is 2. The maximum absolute atomic E-state index is 12.8. The molecular formula is C23H22ClN3O4S. The van der Waals surface area contributed by atoms with Gasteiger partial charge in [0.1, 0.15) is 12.4 Å². The zero-order valence-corrected chi connectivity index (χ0v) is 19.2. The highest BCUT2D eigenvalue weighted by Crippen LogP contribution is 2.38. The van der Waals surface area contributed by atoms with Crippen molar-refractivity contribution in [3.05, 3.63) is 74.5 Å². The summed E-state index contributed by atoms with van der Waals surface area (Å²) in [6.45, 7) is 2.25. The summed E-state index contributed by atoms with van der Waals surface area (Å²) in [5.41, 5.74) is 1.81. The second kappa shape index (κ2) is 9.67. The SMILES string of the molecule is CCSc1nc2c(c(=O)[nH]1)[C@@H](c1ccc(OCc3ccccc3Cl)c(OC)c1)CC(=O)N2. The largest absolute Gasteiger partial charge is 0.493 e. The van der Waals surface area contributed by atoms with Crippen LogP contribution < -0.4 is 20.3 Å². The molecule has 2 heterocycles. The summed E-state index contributed by atoms with van der Waals surface area (Å²) in [5.74, 6) is 1.48. The fraction of sp³-hybridized carbons (Fsp3) is 0.261. The number of fused-ring (bicyclic) bond motifs is 1. The van der Waals surface area contributed by atoms with Crippen LogP contribution in [0.25, 0.3) is 0 Å². The van der Waals surface area contributed by atoms with Gasteiger partial charge in [-0.25, -0.2) is 4.98 Å². The Morgan fingerprint density at radius 1 is 1.19 bits per heavy atom. The minimum absolute atomic E-state index is 0.140. The summed E-state index contributed by atoms with van der Waals surface area (Å²) in [6.07, 6.45) is 0.140. The number of aromatic amines is 1. The summed E-state index contributed by atoms with van der Waals surface area (Å²) in [6, 6.07) is 12.9. The van der Waals surface area contributed by atoms with Gasteiger partial charge in [-0.15, -0.1) is 0 Å². The maximum Gasteiger partial charge on any atom is 0.257 e. The molecule has 0 saturated carbocycles. The highest BCUT2D eigenvalue weighted by atomic mass is 35.5. The molecule has 0 radical (unpaired) electrons. The van der Waals surface area contributed by atoms with E-state index in [1.54, 1.807) is 19.2 Å². The van der Waals surface area contributed by atoms with Crippen LogP contribution in [0.5, 0.6) is 11.5 Å². The quantitative estimate of drug-likeness (QED) is 0.386. The number of carbonyl (C=O) groups excluding carboxylic acids is 1. The zero-order valence-electron chi connectivity index (χ0n) is 17.6. The van der Waals surface area contributed by atoms with Crippen LogP contribution in [0.15, 0.2) is 52.4 Å². The van der Waals surface area contributed by atoms with Crippen molar-refractivity contribution in [3.63, 3.8) is 0 Å². The molecule has 7 nitrogen and oxygen atoms in total. The van der Waals surface area contributed by atoms with Crippen LogP contribution in [0.1, 0.15) is 36.0 Å². The molecule has 3 aromatic rings. The molecule has 166 valence electrons. The van der Waals surface area contributed by atoms with Gasteiger partial charge in [0, 0.05) is 22.9 Å². The molecule has 4 rings (SSSR count). The van der Waals surface area contributed by atoms with E-state index in [-0.39, 0.29) is 24.5 Å².